The predicted octanol–water partition coefficient (Wildman–Crippen LogP) is 2.94. The molecule has 1 saturated heterocycles. The summed E-state index contributed by atoms with van der Waals surface area (Å²) in [5.41, 5.74) is 2.78. The van der Waals surface area contributed by atoms with Crippen molar-refractivity contribution in [3.8, 4) is 0 Å². The number of aromatic nitrogens is 1. The number of esters is 1. The highest BCUT2D eigenvalue weighted by Gasteiger charge is 2.45. The Morgan fingerprint density at radius 1 is 1.07 bits per heavy atom. The van der Waals surface area contributed by atoms with E-state index in [4.69, 9.17) is 4.74 Å². The summed E-state index contributed by atoms with van der Waals surface area (Å²) in [6.45, 7) is 5.11. The summed E-state index contributed by atoms with van der Waals surface area (Å²) in [7, 11) is 0. The van der Waals surface area contributed by atoms with Gasteiger partial charge in [-0.2, -0.15) is 13.2 Å². The molecule has 1 fully saturated rings. The number of hydrogen-bond acceptors (Lipinski definition) is 7. The molecule has 3 N–H and O–H groups in total. The Hall–Kier alpha value is -4.00. The number of carbonyl (C=O) groups excluding carboxylic acids is 4. The number of amides is 3. The van der Waals surface area contributed by atoms with Gasteiger partial charge in [-0.3, -0.25) is 29.2 Å². The van der Waals surface area contributed by atoms with Crippen LogP contribution >= 0.6 is 0 Å². The van der Waals surface area contributed by atoms with E-state index in [1.54, 1.807) is 26.0 Å². The molecule has 13 heteroatoms. The zero-order valence-corrected chi connectivity index (χ0v) is 22.8. The highest BCUT2D eigenvalue weighted by atomic mass is 19.4. The number of nitrogens with one attached hydrogen (secondary N) is 3. The number of fused-ring (bicyclic) bond motifs is 4. The van der Waals surface area contributed by atoms with E-state index in [0.29, 0.717) is 22.9 Å². The number of rotatable bonds is 1. The second kappa shape index (κ2) is 12.2. The van der Waals surface area contributed by atoms with Crippen molar-refractivity contribution in [2.24, 2.45) is 5.92 Å². The van der Waals surface area contributed by atoms with Crippen molar-refractivity contribution >= 4 is 40.5 Å². The van der Waals surface area contributed by atoms with Gasteiger partial charge in [0.2, 0.25) is 17.9 Å². The predicted molar refractivity (Wildman–Crippen MR) is 143 cm³/mol. The van der Waals surface area contributed by atoms with Crippen molar-refractivity contribution < 1.29 is 37.1 Å². The third-order valence-corrected chi connectivity index (χ3v) is 6.92. The molecule has 2 aliphatic rings. The lowest BCUT2D eigenvalue weighted by Gasteiger charge is -2.35. The van der Waals surface area contributed by atoms with Crippen LogP contribution in [0.25, 0.3) is 16.8 Å². The first-order valence-corrected chi connectivity index (χ1v) is 13.3. The van der Waals surface area contributed by atoms with Crippen LogP contribution in [0, 0.1) is 5.92 Å². The SMILES string of the molecule is CC(C)[C@@H]1NC(=O)C/C=C/c2cc3cc(ccc3cn2)[C@@H](C(F)(F)F)OC(=O)[C@@H]2CCCN(N2)C(=O)[C@H](C)NC1=O. The van der Waals surface area contributed by atoms with E-state index in [1.165, 1.54) is 37.4 Å². The van der Waals surface area contributed by atoms with Gasteiger partial charge in [-0.25, -0.2) is 5.43 Å². The molecular formula is C28H32F3N5O5. The highest BCUT2D eigenvalue weighted by molar-refractivity contribution is 5.92. The summed E-state index contributed by atoms with van der Waals surface area (Å²) in [5, 5.41) is 7.36. The molecular weight excluding hydrogens is 543 g/mol. The summed E-state index contributed by atoms with van der Waals surface area (Å²) >= 11 is 0. The topological polar surface area (TPSA) is 130 Å². The van der Waals surface area contributed by atoms with E-state index < -0.39 is 54.1 Å². The van der Waals surface area contributed by atoms with Crippen LogP contribution in [0.1, 0.15) is 57.4 Å². The van der Waals surface area contributed by atoms with Crippen molar-refractivity contribution in [3.63, 3.8) is 0 Å². The third-order valence-electron chi connectivity index (χ3n) is 6.92. The van der Waals surface area contributed by atoms with Crippen molar-refractivity contribution in [1.82, 2.24) is 26.1 Å². The van der Waals surface area contributed by atoms with E-state index in [2.05, 4.69) is 21.0 Å². The molecule has 1 aromatic carbocycles. The molecule has 4 rings (SSSR count). The molecule has 0 radical (unpaired) electrons. The second-order valence-corrected chi connectivity index (χ2v) is 10.5. The third kappa shape index (κ3) is 7.20. The van der Waals surface area contributed by atoms with Gasteiger partial charge in [-0.1, -0.05) is 32.1 Å². The number of hydrazine groups is 1. The van der Waals surface area contributed by atoms with Gasteiger partial charge in [0.25, 0.3) is 5.91 Å². The number of halogens is 3. The normalized spacial score (nSPS) is 26.0. The highest BCUT2D eigenvalue weighted by Crippen LogP contribution is 2.37. The van der Waals surface area contributed by atoms with E-state index in [0.717, 1.165) is 5.01 Å². The average Bonchev–Trinajstić information content (AvgIpc) is 2.92. The Morgan fingerprint density at radius 3 is 2.54 bits per heavy atom. The quantitative estimate of drug-likeness (QED) is 0.446. The lowest BCUT2D eigenvalue weighted by atomic mass is 10.0. The zero-order chi connectivity index (χ0) is 29.9. The van der Waals surface area contributed by atoms with Crippen LogP contribution in [-0.4, -0.2) is 64.5 Å². The fourth-order valence-electron chi connectivity index (χ4n) is 4.72. The van der Waals surface area contributed by atoms with Crippen LogP contribution in [-0.2, 0) is 23.9 Å². The van der Waals surface area contributed by atoms with Crippen LogP contribution in [0.15, 0.2) is 36.5 Å². The van der Waals surface area contributed by atoms with Gasteiger partial charge in [0, 0.05) is 30.1 Å². The van der Waals surface area contributed by atoms with Crippen LogP contribution in [0.2, 0.25) is 0 Å². The summed E-state index contributed by atoms with van der Waals surface area (Å²) < 4.78 is 47.4. The molecule has 0 aliphatic carbocycles. The average molecular weight is 576 g/mol. The number of benzene rings is 1. The molecule has 5 bridgehead atoms. The molecule has 1 aromatic heterocycles. The molecule has 10 nitrogen and oxygen atoms in total. The standard InChI is InChI=1S/C28H32F3N5O5/c1-15(2)23-25(38)33-16(3)26(39)36-11-5-7-21(35-36)27(40)41-24(28(29,30)31)17-9-10-18-14-32-20(13-19(18)12-17)6-4-8-22(37)34-23/h4,6,9-10,12-16,21,23-24,35H,5,7-8,11H2,1-3H3,(H,33,38)(H,34,37)/b6-4+/t16-,21-,23-,24-/m0/s1. The van der Waals surface area contributed by atoms with Gasteiger partial charge in [0.1, 0.15) is 18.1 Å². The molecule has 0 spiro atoms. The molecule has 0 unspecified atom stereocenters. The minimum atomic E-state index is -4.91. The van der Waals surface area contributed by atoms with Crippen LogP contribution in [0.5, 0.6) is 0 Å². The number of cyclic esters (lactones) is 1. The molecule has 220 valence electrons. The van der Waals surface area contributed by atoms with Crippen molar-refractivity contribution in [2.45, 2.75) is 70.4 Å². The molecule has 3 heterocycles. The molecule has 2 aliphatic heterocycles. The number of carbonyl (C=O) groups is 4. The fourth-order valence-corrected chi connectivity index (χ4v) is 4.72. The van der Waals surface area contributed by atoms with Gasteiger partial charge < -0.3 is 15.4 Å². The van der Waals surface area contributed by atoms with Gasteiger partial charge in [0.05, 0.1) is 5.69 Å². The monoisotopic (exact) mass is 575 g/mol. The second-order valence-electron chi connectivity index (χ2n) is 10.5. The summed E-state index contributed by atoms with van der Waals surface area (Å²) in [6, 6.07) is 2.34. The first-order valence-electron chi connectivity index (χ1n) is 13.3. The number of pyridine rings is 1. The largest absolute Gasteiger partial charge is 0.447 e. The Bertz CT molecular complexity index is 1360. The van der Waals surface area contributed by atoms with Crippen LogP contribution in [0.3, 0.4) is 0 Å². The van der Waals surface area contributed by atoms with Gasteiger partial charge in [-0.05, 0) is 49.3 Å². The van der Waals surface area contributed by atoms with E-state index in [9.17, 15) is 32.3 Å². The molecule has 2 aromatic rings. The van der Waals surface area contributed by atoms with Crippen LogP contribution < -0.4 is 16.1 Å². The van der Waals surface area contributed by atoms with Crippen molar-refractivity contribution in [3.05, 3.63) is 47.8 Å². The number of ether oxygens (including phenoxy) is 1. The first kappa shape index (κ1) is 30.0. The van der Waals surface area contributed by atoms with Crippen LogP contribution in [0.4, 0.5) is 13.2 Å². The maximum atomic E-state index is 14.1. The Morgan fingerprint density at radius 2 is 1.83 bits per heavy atom. The van der Waals surface area contributed by atoms with E-state index in [-0.39, 0.29) is 30.9 Å². The minimum Gasteiger partial charge on any atom is -0.447 e. The number of alkyl halides is 3. The van der Waals surface area contributed by atoms with Crippen molar-refractivity contribution in [2.75, 3.05) is 6.54 Å². The summed E-state index contributed by atoms with van der Waals surface area (Å²) in [5.74, 6) is -3.06. The van der Waals surface area contributed by atoms with E-state index in [1.807, 2.05) is 0 Å². The maximum Gasteiger partial charge on any atom is 0.429 e. The molecule has 3 amide bonds. The first-order chi connectivity index (χ1) is 19.3. The van der Waals surface area contributed by atoms with Gasteiger partial charge in [0.15, 0.2) is 0 Å². The van der Waals surface area contributed by atoms with E-state index >= 15 is 0 Å². The molecule has 41 heavy (non-hydrogen) atoms. The molecule has 4 atom stereocenters. The number of nitrogens with zero attached hydrogens (tertiary/aromatic N) is 2. The maximum absolute atomic E-state index is 14.1. The smallest absolute Gasteiger partial charge is 0.429 e. The lowest BCUT2D eigenvalue weighted by molar-refractivity contribution is -0.226. The van der Waals surface area contributed by atoms with Gasteiger partial charge in [-0.15, -0.1) is 0 Å². The summed E-state index contributed by atoms with van der Waals surface area (Å²) in [6.07, 6.45) is -2.51. The van der Waals surface area contributed by atoms with Crippen molar-refractivity contribution in [1.29, 1.82) is 0 Å². The lowest BCUT2D eigenvalue weighted by Crippen LogP contribution is -2.61. The number of hydrogen-bond donors (Lipinski definition) is 3. The Labute approximate surface area is 234 Å². The minimum absolute atomic E-state index is 0.0874. The van der Waals surface area contributed by atoms with Gasteiger partial charge >= 0.3 is 12.1 Å². The zero-order valence-electron chi connectivity index (χ0n) is 22.8. The molecule has 0 saturated carbocycles. The fraction of sp³-hybridized carbons (Fsp3) is 0.464. The Kier molecular flexibility index (Phi) is 8.95. The summed E-state index contributed by atoms with van der Waals surface area (Å²) in [4.78, 5) is 55.9. The Balaban J connectivity index is 1.71.